The highest BCUT2D eigenvalue weighted by Gasteiger charge is 2.28. The van der Waals surface area contributed by atoms with E-state index in [9.17, 15) is 13.2 Å². The first-order valence-corrected chi connectivity index (χ1v) is 15.1. The monoisotopic (exact) mass is 549 g/mol. The summed E-state index contributed by atoms with van der Waals surface area (Å²) in [4.78, 5) is 15.7. The fourth-order valence-electron chi connectivity index (χ4n) is 4.93. The van der Waals surface area contributed by atoms with Crippen molar-refractivity contribution in [2.24, 2.45) is 5.92 Å². The number of benzene rings is 3. The summed E-state index contributed by atoms with van der Waals surface area (Å²) >= 11 is 0. The van der Waals surface area contributed by atoms with E-state index in [0.29, 0.717) is 24.0 Å². The van der Waals surface area contributed by atoms with Crippen LogP contribution >= 0.6 is 0 Å². The van der Waals surface area contributed by atoms with Gasteiger partial charge < -0.3 is 15.0 Å². The van der Waals surface area contributed by atoms with E-state index in [0.717, 1.165) is 28.5 Å². The quantitative estimate of drug-likeness (QED) is 0.351. The molecular weight excluding hydrogens is 510 g/mol. The molecule has 2 unspecified atom stereocenters. The zero-order valence-electron chi connectivity index (χ0n) is 23.3. The summed E-state index contributed by atoms with van der Waals surface area (Å²) in [6, 6.07) is 21.4. The highest BCUT2D eigenvalue weighted by molar-refractivity contribution is 7.92. The highest BCUT2D eigenvalue weighted by atomic mass is 32.2. The molecule has 1 amide bonds. The number of hydrogen-bond donors (Lipinski definition) is 1. The fraction of sp³-hybridized carbons (Fsp3) is 0.387. The van der Waals surface area contributed by atoms with Crippen molar-refractivity contribution >= 4 is 27.3 Å². The Morgan fingerprint density at radius 2 is 1.72 bits per heavy atom. The number of hydrogen-bond acceptors (Lipinski definition) is 5. The molecule has 0 bridgehead atoms. The van der Waals surface area contributed by atoms with Crippen molar-refractivity contribution in [3.05, 3.63) is 83.9 Å². The number of aryl methyl sites for hydroxylation is 1. The van der Waals surface area contributed by atoms with Crippen LogP contribution in [0.25, 0.3) is 0 Å². The molecule has 1 aliphatic rings. The van der Waals surface area contributed by atoms with Gasteiger partial charge in [-0.3, -0.25) is 9.10 Å². The SMILES string of the molecule is CCOc1ccc(S(=O)(=O)N(CC(=O)NC(C)c2ccc(N3CCCC(C)C3)cc2)c2ccc(C)cc2)cc1. The molecular formula is C31H39N3O4S. The summed E-state index contributed by atoms with van der Waals surface area (Å²) in [7, 11) is -4.01. The topological polar surface area (TPSA) is 79.0 Å². The van der Waals surface area contributed by atoms with Gasteiger partial charge in [0.05, 0.1) is 23.2 Å². The Morgan fingerprint density at radius 3 is 2.33 bits per heavy atom. The number of amides is 1. The third-order valence-corrected chi connectivity index (χ3v) is 8.91. The van der Waals surface area contributed by atoms with Crippen LogP contribution in [0.5, 0.6) is 5.75 Å². The van der Waals surface area contributed by atoms with Gasteiger partial charge in [-0.05, 0) is 93.6 Å². The van der Waals surface area contributed by atoms with Crippen LogP contribution in [0, 0.1) is 12.8 Å². The van der Waals surface area contributed by atoms with Gasteiger partial charge in [0.15, 0.2) is 0 Å². The van der Waals surface area contributed by atoms with Crippen molar-refractivity contribution in [3.63, 3.8) is 0 Å². The molecule has 0 radical (unpaired) electrons. The molecule has 1 saturated heterocycles. The van der Waals surface area contributed by atoms with Gasteiger partial charge in [-0.25, -0.2) is 8.42 Å². The summed E-state index contributed by atoms with van der Waals surface area (Å²) < 4.78 is 34.0. The minimum absolute atomic E-state index is 0.0926. The molecule has 4 rings (SSSR count). The number of nitrogens with zero attached hydrogens (tertiary/aromatic N) is 2. The van der Waals surface area contributed by atoms with E-state index in [1.807, 2.05) is 45.0 Å². The smallest absolute Gasteiger partial charge is 0.264 e. The van der Waals surface area contributed by atoms with Crippen molar-refractivity contribution in [3.8, 4) is 5.75 Å². The Bertz CT molecular complexity index is 1340. The Kier molecular flexibility index (Phi) is 9.17. The van der Waals surface area contributed by atoms with E-state index in [4.69, 9.17) is 4.74 Å². The molecule has 0 saturated carbocycles. The van der Waals surface area contributed by atoms with Crippen LogP contribution in [-0.2, 0) is 14.8 Å². The van der Waals surface area contributed by atoms with Gasteiger partial charge in [0.2, 0.25) is 5.91 Å². The predicted octanol–water partition coefficient (Wildman–Crippen LogP) is 5.70. The molecule has 39 heavy (non-hydrogen) atoms. The van der Waals surface area contributed by atoms with Crippen LogP contribution < -0.4 is 19.3 Å². The zero-order chi connectivity index (χ0) is 28.0. The van der Waals surface area contributed by atoms with Gasteiger partial charge in [0.1, 0.15) is 12.3 Å². The molecule has 7 nitrogen and oxygen atoms in total. The highest BCUT2D eigenvalue weighted by Crippen LogP contribution is 2.27. The second kappa shape index (κ2) is 12.6. The fourth-order valence-corrected chi connectivity index (χ4v) is 6.35. The maximum absolute atomic E-state index is 13.7. The third-order valence-electron chi connectivity index (χ3n) is 7.12. The van der Waals surface area contributed by atoms with Crippen LogP contribution in [0.4, 0.5) is 11.4 Å². The molecule has 0 aromatic heterocycles. The normalized spacial score (nSPS) is 16.4. The molecule has 1 heterocycles. The standard InChI is InChI=1S/C31H39N3O4S/c1-5-38-29-16-18-30(19-17-29)39(36,37)34(28-12-8-23(2)9-13-28)22-31(35)32-25(4)26-10-14-27(15-11-26)33-20-6-7-24(3)21-33/h8-19,24-25H,5-7,20-22H2,1-4H3,(H,32,35). The molecule has 1 N–H and O–H groups in total. The maximum atomic E-state index is 13.7. The van der Waals surface area contributed by atoms with Crippen molar-refractivity contribution in [2.75, 3.05) is 35.4 Å². The average Bonchev–Trinajstić information content (AvgIpc) is 2.93. The van der Waals surface area contributed by atoms with E-state index < -0.39 is 10.0 Å². The number of sulfonamides is 1. The second-order valence-corrected chi connectivity index (χ2v) is 12.2. The first kappa shape index (κ1) is 28.5. The lowest BCUT2D eigenvalue weighted by atomic mass is 9.99. The number of ether oxygens (including phenoxy) is 1. The zero-order valence-corrected chi connectivity index (χ0v) is 24.1. The van der Waals surface area contributed by atoms with Gasteiger partial charge >= 0.3 is 0 Å². The van der Waals surface area contributed by atoms with Crippen molar-refractivity contribution < 1.29 is 17.9 Å². The number of carbonyl (C=O) groups excluding carboxylic acids is 1. The van der Waals surface area contributed by atoms with Crippen LogP contribution in [0.15, 0.2) is 77.7 Å². The van der Waals surface area contributed by atoms with Crippen LogP contribution in [0.1, 0.15) is 50.8 Å². The molecule has 1 fully saturated rings. The summed E-state index contributed by atoms with van der Waals surface area (Å²) in [5, 5.41) is 2.98. The average molecular weight is 550 g/mol. The Balaban J connectivity index is 1.49. The first-order chi connectivity index (χ1) is 18.7. The number of carbonyl (C=O) groups is 1. The Morgan fingerprint density at radius 1 is 1.05 bits per heavy atom. The minimum Gasteiger partial charge on any atom is -0.494 e. The largest absolute Gasteiger partial charge is 0.494 e. The van der Waals surface area contributed by atoms with Gasteiger partial charge in [-0.1, -0.05) is 36.8 Å². The predicted molar refractivity (Wildman–Crippen MR) is 157 cm³/mol. The van der Waals surface area contributed by atoms with Crippen molar-refractivity contribution in [1.82, 2.24) is 5.32 Å². The van der Waals surface area contributed by atoms with Crippen LogP contribution in [0.2, 0.25) is 0 Å². The molecule has 208 valence electrons. The van der Waals surface area contributed by atoms with Crippen molar-refractivity contribution in [2.45, 2.75) is 51.5 Å². The maximum Gasteiger partial charge on any atom is 0.264 e. The number of nitrogens with one attached hydrogen (secondary N) is 1. The van der Waals surface area contributed by atoms with Gasteiger partial charge in [-0.15, -0.1) is 0 Å². The minimum atomic E-state index is -4.01. The lowest BCUT2D eigenvalue weighted by molar-refractivity contribution is -0.120. The van der Waals surface area contributed by atoms with E-state index >= 15 is 0 Å². The molecule has 8 heteroatoms. The van der Waals surface area contributed by atoms with Crippen LogP contribution in [-0.4, -0.2) is 40.6 Å². The molecule has 2 atom stereocenters. The number of piperidine rings is 1. The number of anilines is 2. The summed E-state index contributed by atoms with van der Waals surface area (Å²) in [5.74, 6) is 0.893. The lowest BCUT2D eigenvalue weighted by Gasteiger charge is -2.33. The summed E-state index contributed by atoms with van der Waals surface area (Å²) in [6.07, 6.45) is 2.47. The van der Waals surface area contributed by atoms with Gasteiger partial charge in [0, 0.05) is 18.8 Å². The van der Waals surface area contributed by atoms with E-state index in [2.05, 4.69) is 29.3 Å². The third kappa shape index (κ3) is 7.12. The molecule has 0 aliphatic carbocycles. The van der Waals surface area contributed by atoms with Crippen molar-refractivity contribution in [1.29, 1.82) is 0 Å². The second-order valence-electron chi connectivity index (χ2n) is 10.3. The first-order valence-electron chi connectivity index (χ1n) is 13.6. The van der Waals surface area contributed by atoms with E-state index in [1.165, 1.54) is 30.7 Å². The summed E-state index contributed by atoms with van der Waals surface area (Å²) in [6.45, 7) is 10.3. The van der Waals surface area contributed by atoms with E-state index in [-0.39, 0.29) is 23.4 Å². The molecule has 1 aliphatic heterocycles. The molecule has 0 spiro atoms. The Hall–Kier alpha value is -3.52. The molecule has 3 aromatic carbocycles. The summed E-state index contributed by atoms with van der Waals surface area (Å²) in [5.41, 5.74) is 3.58. The van der Waals surface area contributed by atoms with Gasteiger partial charge in [0.25, 0.3) is 10.0 Å². The molecule has 3 aromatic rings. The Labute approximate surface area is 232 Å². The van der Waals surface area contributed by atoms with Gasteiger partial charge in [-0.2, -0.15) is 0 Å². The lowest BCUT2D eigenvalue weighted by Crippen LogP contribution is -2.41. The van der Waals surface area contributed by atoms with E-state index in [1.54, 1.807) is 24.3 Å². The van der Waals surface area contributed by atoms with Crippen LogP contribution in [0.3, 0.4) is 0 Å². The number of rotatable bonds is 10.